The lowest BCUT2D eigenvalue weighted by molar-refractivity contribution is -0.455. The van der Waals surface area contributed by atoms with Crippen molar-refractivity contribution in [3.63, 3.8) is 0 Å². The molecule has 0 bridgehead atoms. The normalized spacial score (nSPS) is 42.4. The summed E-state index contributed by atoms with van der Waals surface area (Å²) < 4.78 is 0. The molecule has 1 heterocycles. The van der Waals surface area contributed by atoms with E-state index in [0.29, 0.717) is 32.3 Å². The van der Waals surface area contributed by atoms with Gasteiger partial charge in [0, 0.05) is 12.8 Å². The Morgan fingerprint density at radius 2 is 2.42 bits per heavy atom. The van der Waals surface area contributed by atoms with Crippen molar-refractivity contribution in [3.05, 3.63) is 0 Å². The number of Topliss-reactive ketones (excluding diaryl/α,β-unsaturated/α-hetero) is 1. The van der Waals surface area contributed by atoms with Crippen molar-refractivity contribution in [2.75, 3.05) is 6.61 Å². The van der Waals surface area contributed by atoms with Crippen LogP contribution in [-0.2, 0) is 14.6 Å². The maximum absolute atomic E-state index is 11.3. The molecule has 4 nitrogen and oxygen atoms in total. The molecule has 2 rings (SSSR count). The van der Waals surface area contributed by atoms with Gasteiger partial charge in [0.05, 0.1) is 12.5 Å². The van der Waals surface area contributed by atoms with Crippen LogP contribution in [0.4, 0.5) is 0 Å². The van der Waals surface area contributed by atoms with E-state index in [1.165, 1.54) is 0 Å². The lowest BCUT2D eigenvalue weighted by Crippen LogP contribution is -2.50. The Morgan fingerprint density at radius 1 is 1.58 bits per heavy atom. The SMILES string of the molecule is O=C1CCCC2(O)OOCCC12. The molecule has 0 spiro atoms. The van der Waals surface area contributed by atoms with Gasteiger partial charge >= 0.3 is 0 Å². The van der Waals surface area contributed by atoms with E-state index in [1.807, 2.05) is 0 Å². The molecule has 1 N–H and O–H groups in total. The molecule has 2 fully saturated rings. The molecular formula is C8H12O4. The Morgan fingerprint density at radius 3 is 3.17 bits per heavy atom. The van der Waals surface area contributed by atoms with Crippen molar-refractivity contribution in [2.24, 2.45) is 5.92 Å². The molecule has 2 unspecified atom stereocenters. The average molecular weight is 172 g/mol. The first-order valence-corrected chi connectivity index (χ1v) is 4.28. The van der Waals surface area contributed by atoms with Gasteiger partial charge in [-0.25, -0.2) is 9.78 Å². The smallest absolute Gasteiger partial charge is 0.209 e. The quantitative estimate of drug-likeness (QED) is 0.537. The van der Waals surface area contributed by atoms with Crippen molar-refractivity contribution in [2.45, 2.75) is 31.5 Å². The molecule has 0 aromatic rings. The monoisotopic (exact) mass is 172 g/mol. The van der Waals surface area contributed by atoms with Crippen molar-refractivity contribution < 1.29 is 19.7 Å². The van der Waals surface area contributed by atoms with E-state index >= 15 is 0 Å². The first kappa shape index (κ1) is 8.16. The lowest BCUT2D eigenvalue weighted by atomic mass is 9.80. The zero-order valence-electron chi connectivity index (χ0n) is 6.78. The van der Waals surface area contributed by atoms with Gasteiger partial charge in [0.25, 0.3) is 0 Å². The van der Waals surface area contributed by atoms with Crippen LogP contribution in [0.1, 0.15) is 25.7 Å². The van der Waals surface area contributed by atoms with Crippen LogP contribution in [0.15, 0.2) is 0 Å². The van der Waals surface area contributed by atoms with Crippen LogP contribution in [0.5, 0.6) is 0 Å². The summed E-state index contributed by atoms with van der Waals surface area (Å²) in [6, 6.07) is 0. The highest BCUT2D eigenvalue weighted by molar-refractivity contribution is 5.82. The Kier molecular flexibility index (Phi) is 1.90. The molecular weight excluding hydrogens is 160 g/mol. The summed E-state index contributed by atoms with van der Waals surface area (Å²) in [4.78, 5) is 20.8. The minimum Gasteiger partial charge on any atom is -0.363 e. The summed E-state index contributed by atoms with van der Waals surface area (Å²) in [5.74, 6) is -1.58. The zero-order valence-corrected chi connectivity index (χ0v) is 6.78. The van der Waals surface area contributed by atoms with Crippen molar-refractivity contribution in [1.29, 1.82) is 0 Å². The summed E-state index contributed by atoms with van der Waals surface area (Å²) >= 11 is 0. The van der Waals surface area contributed by atoms with E-state index in [0.717, 1.165) is 0 Å². The minimum atomic E-state index is -1.33. The first-order chi connectivity index (χ1) is 5.72. The summed E-state index contributed by atoms with van der Waals surface area (Å²) in [5.41, 5.74) is 0. The predicted molar refractivity (Wildman–Crippen MR) is 39.0 cm³/mol. The first-order valence-electron chi connectivity index (χ1n) is 4.28. The Balaban J connectivity index is 2.18. The third-order valence-electron chi connectivity index (χ3n) is 2.58. The molecule has 12 heavy (non-hydrogen) atoms. The van der Waals surface area contributed by atoms with E-state index in [1.54, 1.807) is 0 Å². The number of hydrogen-bond donors (Lipinski definition) is 1. The molecule has 0 aromatic heterocycles. The zero-order chi connectivity index (χ0) is 8.60. The largest absolute Gasteiger partial charge is 0.363 e. The lowest BCUT2D eigenvalue weighted by Gasteiger charge is -2.39. The highest BCUT2D eigenvalue weighted by atomic mass is 17.2. The molecule has 1 saturated heterocycles. The number of aliphatic hydroxyl groups is 1. The van der Waals surface area contributed by atoms with E-state index in [4.69, 9.17) is 4.89 Å². The van der Waals surface area contributed by atoms with Gasteiger partial charge in [-0.2, -0.15) is 0 Å². The van der Waals surface area contributed by atoms with Gasteiger partial charge in [-0.15, -0.1) is 0 Å². The number of carbonyl (C=O) groups is 1. The number of hydrogen-bond acceptors (Lipinski definition) is 4. The standard InChI is InChI=1S/C8H12O4/c9-7-2-1-4-8(10)6(7)3-5-11-12-8/h6,10H,1-5H2. The van der Waals surface area contributed by atoms with Gasteiger partial charge in [-0.05, 0) is 12.8 Å². The van der Waals surface area contributed by atoms with E-state index < -0.39 is 5.79 Å². The van der Waals surface area contributed by atoms with Crippen LogP contribution < -0.4 is 0 Å². The van der Waals surface area contributed by atoms with Crippen molar-refractivity contribution >= 4 is 5.78 Å². The summed E-state index contributed by atoms with van der Waals surface area (Å²) in [7, 11) is 0. The second-order valence-corrected chi connectivity index (χ2v) is 3.41. The highest BCUT2D eigenvalue weighted by Gasteiger charge is 2.48. The second kappa shape index (κ2) is 2.80. The summed E-state index contributed by atoms with van der Waals surface area (Å²) in [6.07, 6.45) is 2.34. The number of fused-ring (bicyclic) bond motifs is 1. The number of carbonyl (C=O) groups excluding carboxylic acids is 1. The molecule has 1 aliphatic heterocycles. The van der Waals surface area contributed by atoms with E-state index in [9.17, 15) is 9.90 Å². The predicted octanol–water partition coefficient (Wildman–Crippen LogP) is 0.396. The maximum atomic E-state index is 11.3. The second-order valence-electron chi connectivity index (χ2n) is 3.41. The topological polar surface area (TPSA) is 55.8 Å². The molecule has 0 aromatic carbocycles. The molecule has 68 valence electrons. The highest BCUT2D eigenvalue weighted by Crippen LogP contribution is 2.37. The summed E-state index contributed by atoms with van der Waals surface area (Å²) in [6.45, 7) is 0.402. The third-order valence-corrected chi connectivity index (χ3v) is 2.58. The molecule has 1 saturated carbocycles. The number of rotatable bonds is 0. The van der Waals surface area contributed by atoms with Crippen molar-refractivity contribution in [1.82, 2.24) is 0 Å². The molecule has 0 radical (unpaired) electrons. The van der Waals surface area contributed by atoms with Crippen molar-refractivity contribution in [3.8, 4) is 0 Å². The maximum Gasteiger partial charge on any atom is 0.209 e. The van der Waals surface area contributed by atoms with Crippen LogP contribution in [0.3, 0.4) is 0 Å². The van der Waals surface area contributed by atoms with Crippen LogP contribution in [-0.4, -0.2) is 23.3 Å². The number of ketones is 1. The molecule has 1 aliphatic carbocycles. The van der Waals surface area contributed by atoms with Crippen LogP contribution >= 0.6 is 0 Å². The Bertz CT molecular complexity index is 199. The fourth-order valence-corrected chi connectivity index (χ4v) is 1.91. The van der Waals surface area contributed by atoms with Gasteiger partial charge in [0.1, 0.15) is 5.78 Å². The molecule has 4 heteroatoms. The van der Waals surface area contributed by atoms with Crippen LogP contribution in [0, 0.1) is 5.92 Å². The Hall–Kier alpha value is -0.450. The minimum absolute atomic E-state index is 0.104. The molecule has 2 aliphatic rings. The van der Waals surface area contributed by atoms with Gasteiger partial charge in [-0.3, -0.25) is 4.79 Å². The van der Waals surface area contributed by atoms with Crippen LogP contribution in [0.25, 0.3) is 0 Å². The van der Waals surface area contributed by atoms with Gasteiger partial charge in [0.2, 0.25) is 5.79 Å². The van der Waals surface area contributed by atoms with E-state index in [-0.39, 0.29) is 11.7 Å². The Labute approximate surface area is 70.4 Å². The summed E-state index contributed by atoms with van der Waals surface area (Å²) in [5, 5.41) is 9.79. The molecule has 2 atom stereocenters. The fraction of sp³-hybridized carbons (Fsp3) is 0.875. The molecule has 0 amide bonds. The fourth-order valence-electron chi connectivity index (χ4n) is 1.91. The van der Waals surface area contributed by atoms with Gasteiger partial charge < -0.3 is 5.11 Å². The van der Waals surface area contributed by atoms with E-state index in [2.05, 4.69) is 4.89 Å². The van der Waals surface area contributed by atoms with Gasteiger partial charge in [0.15, 0.2) is 0 Å². The van der Waals surface area contributed by atoms with Gasteiger partial charge in [-0.1, -0.05) is 0 Å². The van der Waals surface area contributed by atoms with Crippen LogP contribution in [0.2, 0.25) is 0 Å². The third kappa shape index (κ3) is 1.16. The average Bonchev–Trinajstić information content (AvgIpc) is 2.04.